The molecule has 1 aromatic carbocycles. The van der Waals surface area contributed by atoms with Gasteiger partial charge < -0.3 is 25.0 Å². The maximum atomic E-state index is 12.5. The smallest absolute Gasteiger partial charge is 0.317 e. The van der Waals surface area contributed by atoms with E-state index in [1.54, 1.807) is 51.5 Å². The number of pyridine rings is 1. The molecule has 0 bridgehead atoms. The van der Waals surface area contributed by atoms with Crippen molar-refractivity contribution in [3.05, 3.63) is 47.8 Å². The molecule has 0 fully saturated rings. The summed E-state index contributed by atoms with van der Waals surface area (Å²) in [5.41, 5.74) is 1.53. The number of carbonyl (C=O) groups excluding carboxylic acids is 2. The monoisotopic (exact) mass is 358 g/mol. The van der Waals surface area contributed by atoms with Crippen LogP contribution in [0.15, 0.2) is 36.5 Å². The normalized spacial score (nSPS) is 10.0. The molecule has 0 atom stereocenters. The predicted molar refractivity (Wildman–Crippen MR) is 97.7 cm³/mol. The van der Waals surface area contributed by atoms with Crippen molar-refractivity contribution in [3.63, 3.8) is 0 Å². The van der Waals surface area contributed by atoms with E-state index in [1.165, 1.54) is 18.2 Å². The Balaban J connectivity index is 2.10. The van der Waals surface area contributed by atoms with Gasteiger partial charge in [-0.3, -0.25) is 9.78 Å². The van der Waals surface area contributed by atoms with Crippen molar-refractivity contribution in [1.82, 2.24) is 15.2 Å². The van der Waals surface area contributed by atoms with Crippen molar-refractivity contribution in [2.24, 2.45) is 0 Å². The molecule has 0 spiro atoms. The molecule has 0 unspecified atom stereocenters. The summed E-state index contributed by atoms with van der Waals surface area (Å²) in [7, 11) is 6.37. The third kappa shape index (κ3) is 4.85. The third-order valence-corrected chi connectivity index (χ3v) is 3.56. The van der Waals surface area contributed by atoms with Gasteiger partial charge in [0.05, 0.1) is 32.1 Å². The summed E-state index contributed by atoms with van der Waals surface area (Å²) in [4.78, 5) is 29.7. The van der Waals surface area contributed by atoms with Crippen LogP contribution in [-0.2, 0) is 6.54 Å². The molecule has 138 valence electrons. The molecule has 8 nitrogen and oxygen atoms in total. The highest BCUT2D eigenvalue weighted by Gasteiger charge is 2.12. The average molecular weight is 358 g/mol. The fraction of sp³-hybridized carbons (Fsp3) is 0.278. The third-order valence-electron chi connectivity index (χ3n) is 3.56. The van der Waals surface area contributed by atoms with Crippen LogP contribution in [0.1, 0.15) is 16.1 Å². The Morgan fingerprint density at radius 3 is 2.54 bits per heavy atom. The van der Waals surface area contributed by atoms with Crippen molar-refractivity contribution < 1.29 is 19.1 Å². The van der Waals surface area contributed by atoms with E-state index >= 15 is 0 Å². The number of ether oxygens (including phenoxy) is 2. The van der Waals surface area contributed by atoms with Gasteiger partial charge in [0.25, 0.3) is 5.91 Å². The van der Waals surface area contributed by atoms with Crippen LogP contribution in [0, 0.1) is 0 Å². The Hall–Kier alpha value is -3.29. The molecule has 8 heteroatoms. The number of hydrogen-bond acceptors (Lipinski definition) is 5. The molecular weight excluding hydrogens is 336 g/mol. The van der Waals surface area contributed by atoms with Gasteiger partial charge in [-0.1, -0.05) is 0 Å². The van der Waals surface area contributed by atoms with Gasteiger partial charge in [-0.2, -0.15) is 0 Å². The maximum Gasteiger partial charge on any atom is 0.317 e. The number of hydrogen-bond donors (Lipinski definition) is 2. The molecule has 3 amide bonds. The quantitative estimate of drug-likeness (QED) is 0.825. The Labute approximate surface area is 152 Å². The SMILES string of the molecule is COc1ccc(NC(=O)c2ccnc(CNC(=O)N(C)C)c2)c(OC)c1. The number of methoxy groups -OCH3 is 2. The number of benzene rings is 1. The zero-order valence-electron chi connectivity index (χ0n) is 15.2. The van der Waals surface area contributed by atoms with E-state index in [9.17, 15) is 9.59 Å². The molecule has 0 aliphatic rings. The van der Waals surface area contributed by atoms with Crippen LogP contribution in [0.2, 0.25) is 0 Å². The number of rotatable bonds is 6. The van der Waals surface area contributed by atoms with Gasteiger partial charge in [-0.05, 0) is 24.3 Å². The molecule has 0 aliphatic carbocycles. The van der Waals surface area contributed by atoms with Crippen LogP contribution in [-0.4, -0.2) is 50.1 Å². The molecule has 2 aromatic rings. The topological polar surface area (TPSA) is 92.8 Å². The number of nitrogens with one attached hydrogen (secondary N) is 2. The first-order valence-electron chi connectivity index (χ1n) is 7.88. The lowest BCUT2D eigenvalue weighted by Crippen LogP contribution is -2.34. The van der Waals surface area contributed by atoms with E-state index in [2.05, 4.69) is 15.6 Å². The molecule has 1 aromatic heterocycles. The zero-order chi connectivity index (χ0) is 19.1. The van der Waals surface area contributed by atoms with Crippen molar-refractivity contribution >= 4 is 17.6 Å². The van der Waals surface area contributed by atoms with Crippen molar-refractivity contribution in [2.75, 3.05) is 33.6 Å². The number of nitrogens with zero attached hydrogens (tertiary/aromatic N) is 2. The summed E-state index contributed by atoms with van der Waals surface area (Å²) in [5, 5.41) is 5.50. The van der Waals surface area contributed by atoms with Gasteiger partial charge >= 0.3 is 6.03 Å². The van der Waals surface area contributed by atoms with Crippen LogP contribution in [0.3, 0.4) is 0 Å². The van der Waals surface area contributed by atoms with Gasteiger partial charge in [0, 0.05) is 31.9 Å². The molecule has 0 saturated carbocycles. The molecule has 2 N–H and O–H groups in total. The van der Waals surface area contributed by atoms with E-state index in [0.29, 0.717) is 28.4 Å². The molecule has 1 heterocycles. The van der Waals surface area contributed by atoms with Gasteiger partial charge in [-0.15, -0.1) is 0 Å². The lowest BCUT2D eigenvalue weighted by molar-refractivity contribution is 0.102. The van der Waals surface area contributed by atoms with Gasteiger partial charge in [0.15, 0.2) is 0 Å². The highest BCUT2D eigenvalue weighted by molar-refractivity contribution is 6.05. The van der Waals surface area contributed by atoms with E-state index in [-0.39, 0.29) is 18.5 Å². The molecule has 0 aliphatic heterocycles. The minimum absolute atomic E-state index is 0.226. The number of anilines is 1. The van der Waals surface area contributed by atoms with Crippen molar-refractivity contribution in [3.8, 4) is 11.5 Å². The summed E-state index contributed by atoms with van der Waals surface area (Å²) >= 11 is 0. The number of carbonyl (C=O) groups is 2. The summed E-state index contributed by atoms with van der Waals surface area (Å²) < 4.78 is 10.4. The highest BCUT2D eigenvalue weighted by atomic mass is 16.5. The van der Waals surface area contributed by atoms with Crippen LogP contribution >= 0.6 is 0 Å². The summed E-state index contributed by atoms with van der Waals surface area (Å²) in [6, 6.07) is 8.11. The predicted octanol–water partition coefficient (Wildman–Crippen LogP) is 2.12. The minimum atomic E-state index is -0.309. The molecular formula is C18H22N4O4. The second kappa shape index (κ2) is 8.70. The van der Waals surface area contributed by atoms with Crippen LogP contribution in [0.25, 0.3) is 0 Å². The van der Waals surface area contributed by atoms with E-state index in [0.717, 1.165) is 0 Å². The number of urea groups is 1. The summed E-state index contributed by atoms with van der Waals surface area (Å²) in [6.07, 6.45) is 1.53. The van der Waals surface area contributed by atoms with Gasteiger partial charge in [0.1, 0.15) is 11.5 Å². The fourth-order valence-electron chi connectivity index (χ4n) is 2.14. The first kappa shape index (κ1) is 19.0. The second-order valence-electron chi connectivity index (χ2n) is 5.61. The summed E-state index contributed by atoms with van der Waals surface area (Å²) in [5.74, 6) is 0.809. The van der Waals surface area contributed by atoms with E-state index < -0.39 is 0 Å². The lowest BCUT2D eigenvalue weighted by atomic mass is 10.2. The Bertz CT molecular complexity index is 793. The number of amides is 3. The first-order valence-corrected chi connectivity index (χ1v) is 7.88. The fourth-order valence-corrected chi connectivity index (χ4v) is 2.14. The van der Waals surface area contributed by atoms with E-state index in [4.69, 9.17) is 9.47 Å². The van der Waals surface area contributed by atoms with E-state index in [1.807, 2.05) is 0 Å². The maximum absolute atomic E-state index is 12.5. The van der Waals surface area contributed by atoms with Crippen LogP contribution in [0.5, 0.6) is 11.5 Å². The lowest BCUT2D eigenvalue weighted by Gasteiger charge is -2.13. The Morgan fingerprint density at radius 1 is 1.12 bits per heavy atom. The molecule has 2 rings (SSSR count). The zero-order valence-corrected chi connectivity index (χ0v) is 15.2. The summed E-state index contributed by atoms with van der Waals surface area (Å²) in [6.45, 7) is 0.226. The van der Waals surface area contributed by atoms with Crippen molar-refractivity contribution in [1.29, 1.82) is 0 Å². The standard InChI is InChI=1S/C18H22N4O4/c1-22(2)18(24)20-11-13-9-12(7-8-19-13)17(23)21-15-6-5-14(25-3)10-16(15)26-4/h5-10H,11H2,1-4H3,(H,20,24)(H,21,23). The Kier molecular flexibility index (Phi) is 6.37. The second-order valence-corrected chi connectivity index (χ2v) is 5.61. The van der Waals surface area contributed by atoms with Crippen molar-refractivity contribution in [2.45, 2.75) is 6.54 Å². The van der Waals surface area contributed by atoms with Gasteiger partial charge in [-0.25, -0.2) is 4.79 Å². The molecule has 0 radical (unpaired) electrons. The Morgan fingerprint density at radius 2 is 1.88 bits per heavy atom. The van der Waals surface area contributed by atoms with Crippen LogP contribution < -0.4 is 20.1 Å². The highest BCUT2D eigenvalue weighted by Crippen LogP contribution is 2.29. The average Bonchev–Trinajstić information content (AvgIpc) is 2.66. The molecule has 0 saturated heterocycles. The molecule has 26 heavy (non-hydrogen) atoms. The first-order chi connectivity index (χ1) is 12.4. The minimum Gasteiger partial charge on any atom is -0.497 e. The van der Waals surface area contributed by atoms with Gasteiger partial charge in [0.2, 0.25) is 0 Å². The number of aromatic nitrogens is 1. The van der Waals surface area contributed by atoms with Crippen LogP contribution in [0.4, 0.5) is 10.5 Å². The largest absolute Gasteiger partial charge is 0.497 e.